The highest BCUT2D eigenvalue weighted by Crippen LogP contribution is 2.19. The summed E-state index contributed by atoms with van der Waals surface area (Å²) in [5, 5.41) is 11.7. The van der Waals surface area contributed by atoms with Crippen LogP contribution in [-0.4, -0.2) is 27.6 Å². The second kappa shape index (κ2) is 4.81. The summed E-state index contributed by atoms with van der Waals surface area (Å²) in [6.07, 6.45) is 0. The average molecular weight is 261 g/mol. The van der Waals surface area contributed by atoms with Crippen molar-refractivity contribution in [2.45, 2.75) is 6.54 Å². The Bertz CT molecular complexity index is 675. The molecule has 0 saturated heterocycles. The van der Waals surface area contributed by atoms with Crippen LogP contribution in [0.3, 0.4) is 0 Å². The van der Waals surface area contributed by atoms with Gasteiger partial charge in [-0.05, 0) is 12.1 Å². The standard InChI is InChI=1S/C12H11N3O4/c13-12(19)14-10(16)6-15-8-4-2-1-3-7(8)5-9(15)11(17)18/h1-5H,6H2,(H,17,18)(H3,13,14,16,19). The Labute approximate surface area is 107 Å². The first-order valence-corrected chi connectivity index (χ1v) is 5.40. The normalized spacial score (nSPS) is 10.3. The van der Waals surface area contributed by atoms with Crippen LogP contribution in [0.15, 0.2) is 30.3 Å². The van der Waals surface area contributed by atoms with Crippen molar-refractivity contribution in [2.24, 2.45) is 5.73 Å². The Morgan fingerprint density at radius 1 is 1.26 bits per heavy atom. The lowest BCUT2D eigenvalue weighted by Gasteiger charge is -2.07. The van der Waals surface area contributed by atoms with Crippen LogP contribution < -0.4 is 11.1 Å². The first kappa shape index (κ1) is 12.6. The van der Waals surface area contributed by atoms with Gasteiger partial charge in [-0.15, -0.1) is 0 Å². The van der Waals surface area contributed by atoms with E-state index in [9.17, 15) is 14.4 Å². The van der Waals surface area contributed by atoms with E-state index < -0.39 is 17.9 Å². The number of fused-ring (bicyclic) bond motifs is 1. The van der Waals surface area contributed by atoms with Gasteiger partial charge in [-0.1, -0.05) is 18.2 Å². The highest BCUT2D eigenvalue weighted by Gasteiger charge is 2.17. The number of nitrogens with zero attached hydrogens (tertiary/aromatic N) is 1. The first-order valence-electron chi connectivity index (χ1n) is 5.40. The van der Waals surface area contributed by atoms with E-state index in [0.717, 1.165) is 0 Å². The van der Waals surface area contributed by atoms with E-state index in [2.05, 4.69) is 0 Å². The molecule has 1 aromatic heterocycles. The number of aromatic carboxylic acids is 1. The zero-order chi connectivity index (χ0) is 14.0. The summed E-state index contributed by atoms with van der Waals surface area (Å²) >= 11 is 0. The zero-order valence-electron chi connectivity index (χ0n) is 9.79. The van der Waals surface area contributed by atoms with Gasteiger partial charge in [0.05, 0.1) is 0 Å². The Balaban J connectivity index is 2.45. The highest BCUT2D eigenvalue weighted by atomic mass is 16.4. The third-order valence-electron chi connectivity index (χ3n) is 2.59. The molecule has 0 bridgehead atoms. The maximum absolute atomic E-state index is 11.5. The molecule has 2 rings (SSSR count). The van der Waals surface area contributed by atoms with E-state index in [1.807, 2.05) is 5.32 Å². The van der Waals surface area contributed by atoms with Gasteiger partial charge in [0.1, 0.15) is 12.2 Å². The quantitative estimate of drug-likeness (QED) is 0.747. The molecule has 0 fully saturated rings. The lowest BCUT2D eigenvalue weighted by atomic mass is 10.2. The molecule has 1 aromatic carbocycles. The van der Waals surface area contributed by atoms with Crippen molar-refractivity contribution >= 4 is 28.8 Å². The van der Waals surface area contributed by atoms with Crippen molar-refractivity contribution < 1.29 is 19.5 Å². The van der Waals surface area contributed by atoms with Crippen LogP contribution in [0.4, 0.5) is 4.79 Å². The number of carboxylic acids is 1. The lowest BCUT2D eigenvalue weighted by Crippen LogP contribution is -2.37. The van der Waals surface area contributed by atoms with Gasteiger partial charge in [-0.3, -0.25) is 10.1 Å². The Kier molecular flexibility index (Phi) is 3.19. The molecule has 2 aromatic rings. The number of imide groups is 1. The largest absolute Gasteiger partial charge is 0.477 e. The van der Waals surface area contributed by atoms with Crippen molar-refractivity contribution in [2.75, 3.05) is 0 Å². The number of nitrogens with one attached hydrogen (secondary N) is 1. The highest BCUT2D eigenvalue weighted by molar-refractivity contribution is 5.97. The number of amides is 3. The van der Waals surface area contributed by atoms with Crippen molar-refractivity contribution in [3.8, 4) is 0 Å². The number of benzene rings is 1. The van der Waals surface area contributed by atoms with Gasteiger partial charge in [0.15, 0.2) is 0 Å². The van der Waals surface area contributed by atoms with Crippen LogP contribution in [0.5, 0.6) is 0 Å². The van der Waals surface area contributed by atoms with E-state index in [0.29, 0.717) is 10.9 Å². The van der Waals surface area contributed by atoms with Gasteiger partial charge in [0.2, 0.25) is 5.91 Å². The molecule has 7 heteroatoms. The van der Waals surface area contributed by atoms with Gasteiger partial charge in [0.25, 0.3) is 0 Å². The number of hydrogen-bond donors (Lipinski definition) is 3. The van der Waals surface area contributed by atoms with Crippen molar-refractivity contribution in [3.05, 3.63) is 36.0 Å². The summed E-state index contributed by atoms with van der Waals surface area (Å²) in [7, 11) is 0. The van der Waals surface area contributed by atoms with Gasteiger partial charge in [0, 0.05) is 10.9 Å². The number of carboxylic acid groups (broad SMARTS) is 1. The molecule has 0 atom stereocenters. The molecule has 0 spiro atoms. The molecule has 7 nitrogen and oxygen atoms in total. The summed E-state index contributed by atoms with van der Waals surface area (Å²) in [4.78, 5) is 33.2. The number of urea groups is 1. The van der Waals surface area contributed by atoms with Crippen molar-refractivity contribution in [1.29, 1.82) is 0 Å². The van der Waals surface area contributed by atoms with Crippen molar-refractivity contribution in [3.63, 3.8) is 0 Å². The van der Waals surface area contributed by atoms with Crippen molar-refractivity contribution in [1.82, 2.24) is 9.88 Å². The average Bonchev–Trinajstić information content (AvgIpc) is 2.67. The summed E-state index contributed by atoms with van der Waals surface area (Å²) < 4.78 is 1.32. The maximum atomic E-state index is 11.5. The van der Waals surface area contributed by atoms with Crippen LogP contribution >= 0.6 is 0 Å². The third-order valence-corrected chi connectivity index (χ3v) is 2.59. The molecule has 3 amide bonds. The lowest BCUT2D eigenvalue weighted by molar-refractivity contribution is -0.120. The molecule has 1 heterocycles. The van der Waals surface area contributed by atoms with E-state index in [-0.39, 0.29) is 12.2 Å². The molecule has 0 aliphatic heterocycles. The number of para-hydroxylation sites is 1. The number of rotatable bonds is 3. The smallest absolute Gasteiger partial charge is 0.352 e. The number of primary amides is 1. The SMILES string of the molecule is NC(=O)NC(=O)Cn1c(C(=O)O)cc2ccccc21. The maximum Gasteiger partial charge on any atom is 0.352 e. The Morgan fingerprint density at radius 3 is 2.58 bits per heavy atom. The number of aromatic nitrogens is 1. The van der Waals surface area contributed by atoms with Gasteiger partial charge < -0.3 is 15.4 Å². The van der Waals surface area contributed by atoms with Gasteiger partial charge >= 0.3 is 12.0 Å². The first-order chi connectivity index (χ1) is 8.99. The van der Waals surface area contributed by atoms with Crippen LogP contribution in [0, 0.1) is 0 Å². The number of carbonyl (C=O) groups is 3. The number of hydrogen-bond acceptors (Lipinski definition) is 3. The second-order valence-corrected chi connectivity index (χ2v) is 3.89. The third kappa shape index (κ3) is 2.54. The number of nitrogens with two attached hydrogens (primary N) is 1. The van der Waals surface area contributed by atoms with Gasteiger partial charge in [-0.25, -0.2) is 9.59 Å². The molecule has 0 saturated carbocycles. The molecule has 0 aliphatic carbocycles. The van der Waals surface area contributed by atoms with E-state index in [1.165, 1.54) is 10.6 Å². The molecule has 19 heavy (non-hydrogen) atoms. The monoisotopic (exact) mass is 261 g/mol. The number of carbonyl (C=O) groups excluding carboxylic acids is 2. The molecule has 4 N–H and O–H groups in total. The summed E-state index contributed by atoms with van der Waals surface area (Å²) in [5.74, 6) is -1.82. The second-order valence-electron chi connectivity index (χ2n) is 3.89. The van der Waals surface area contributed by atoms with Crippen LogP contribution in [-0.2, 0) is 11.3 Å². The van der Waals surface area contributed by atoms with Gasteiger partial charge in [-0.2, -0.15) is 0 Å². The predicted octanol–water partition coefficient (Wildman–Crippen LogP) is 0.534. The fourth-order valence-corrected chi connectivity index (χ4v) is 1.88. The zero-order valence-corrected chi connectivity index (χ0v) is 9.79. The van der Waals surface area contributed by atoms with E-state index in [4.69, 9.17) is 10.8 Å². The predicted molar refractivity (Wildman–Crippen MR) is 66.6 cm³/mol. The molecule has 0 radical (unpaired) electrons. The van der Waals surface area contributed by atoms with E-state index in [1.54, 1.807) is 24.3 Å². The summed E-state index contributed by atoms with van der Waals surface area (Å²) in [6.45, 7) is -0.294. The topological polar surface area (TPSA) is 114 Å². The van der Waals surface area contributed by atoms with Crippen LogP contribution in [0.2, 0.25) is 0 Å². The summed E-state index contributed by atoms with van der Waals surface area (Å²) in [5.41, 5.74) is 5.41. The molecular weight excluding hydrogens is 250 g/mol. The van der Waals surface area contributed by atoms with Crippen LogP contribution in [0.25, 0.3) is 10.9 Å². The molecular formula is C12H11N3O4. The van der Waals surface area contributed by atoms with E-state index >= 15 is 0 Å². The fourth-order valence-electron chi connectivity index (χ4n) is 1.88. The minimum absolute atomic E-state index is 0.0270. The van der Waals surface area contributed by atoms with Crippen LogP contribution in [0.1, 0.15) is 10.5 Å². The minimum Gasteiger partial charge on any atom is -0.477 e. The molecule has 0 aliphatic rings. The molecule has 98 valence electrons. The summed E-state index contributed by atoms with van der Waals surface area (Å²) in [6, 6.07) is 7.43. The molecule has 0 unspecified atom stereocenters. The Morgan fingerprint density at radius 2 is 1.95 bits per heavy atom. The fraction of sp³-hybridized carbons (Fsp3) is 0.0833. The minimum atomic E-state index is -1.15. The Hall–Kier alpha value is -2.83.